The molecule has 0 radical (unpaired) electrons. The average molecular weight is 222 g/mol. The number of thioether (sulfide) groups is 1. The summed E-state index contributed by atoms with van der Waals surface area (Å²) in [6.07, 6.45) is 10.5. The summed E-state index contributed by atoms with van der Waals surface area (Å²) in [5.74, 6) is 0. The first kappa shape index (κ1) is 11.3. The normalized spacial score (nSPS) is 30.2. The zero-order valence-corrected chi connectivity index (χ0v) is 11.0. The first-order chi connectivity index (χ1) is 7.24. The maximum atomic E-state index is 2.37. The van der Waals surface area contributed by atoms with Crippen LogP contribution in [0.2, 0.25) is 0 Å². The Labute approximate surface area is 98.2 Å². The second kappa shape index (κ2) is 4.78. The molecule has 0 aromatic carbocycles. The van der Waals surface area contributed by atoms with Crippen LogP contribution < -0.4 is 0 Å². The molecule has 0 spiro atoms. The third-order valence-electron chi connectivity index (χ3n) is 4.01. The summed E-state index contributed by atoms with van der Waals surface area (Å²) in [5, 5.41) is 0.825. The van der Waals surface area contributed by atoms with Crippen molar-refractivity contribution in [2.75, 3.05) is 6.26 Å². The van der Waals surface area contributed by atoms with Crippen molar-refractivity contribution in [1.82, 2.24) is 0 Å². The first-order valence-electron chi connectivity index (χ1n) is 6.15. The van der Waals surface area contributed by atoms with Crippen LogP contribution in [0.15, 0.2) is 22.3 Å². The molecule has 1 heteroatoms. The summed E-state index contributed by atoms with van der Waals surface area (Å²) in [7, 11) is 0. The fourth-order valence-electron chi connectivity index (χ4n) is 3.10. The highest BCUT2D eigenvalue weighted by Crippen LogP contribution is 2.40. The van der Waals surface area contributed by atoms with Gasteiger partial charge in [-0.2, -0.15) is 11.8 Å². The van der Waals surface area contributed by atoms with Crippen LogP contribution in [0.5, 0.6) is 0 Å². The third-order valence-corrected chi connectivity index (χ3v) is 5.10. The van der Waals surface area contributed by atoms with E-state index in [-0.39, 0.29) is 0 Å². The zero-order valence-electron chi connectivity index (χ0n) is 10.2. The van der Waals surface area contributed by atoms with Gasteiger partial charge in [0, 0.05) is 5.25 Å². The lowest BCUT2D eigenvalue weighted by atomic mass is 9.97. The topological polar surface area (TPSA) is 0 Å². The van der Waals surface area contributed by atoms with Crippen molar-refractivity contribution in [3.05, 3.63) is 22.3 Å². The number of rotatable bonds is 2. The Bertz CT molecular complexity index is 309. The van der Waals surface area contributed by atoms with E-state index in [0.717, 1.165) is 5.25 Å². The SMILES string of the molecule is CSC1CCC/C1=C(\C)C1=C(C)CCC1. The second-order valence-corrected chi connectivity index (χ2v) is 5.92. The molecule has 0 aromatic heterocycles. The Morgan fingerprint density at radius 2 is 2.00 bits per heavy atom. The molecule has 2 aliphatic carbocycles. The van der Waals surface area contributed by atoms with Crippen LogP contribution in [0.4, 0.5) is 0 Å². The largest absolute Gasteiger partial charge is 0.158 e. The minimum absolute atomic E-state index is 0.825. The minimum Gasteiger partial charge on any atom is -0.158 e. The molecular weight excluding hydrogens is 200 g/mol. The van der Waals surface area contributed by atoms with Crippen LogP contribution in [0.25, 0.3) is 0 Å². The predicted molar refractivity (Wildman–Crippen MR) is 70.4 cm³/mol. The van der Waals surface area contributed by atoms with E-state index in [1.54, 1.807) is 22.3 Å². The highest BCUT2D eigenvalue weighted by molar-refractivity contribution is 7.99. The third kappa shape index (κ3) is 2.18. The molecule has 0 saturated heterocycles. The van der Waals surface area contributed by atoms with E-state index >= 15 is 0 Å². The van der Waals surface area contributed by atoms with Gasteiger partial charge in [-0.25, -0.2) is 0 Å². The van der Waals surface area contributed by atoms with E-state index in [1.165, 1.54) is 38.5 Å². The Balaban J connectivity index is 2.28. The van der Waals surface area contributed by atoms with Crippen LogP contribution in [-0.2, 0) is 0 Å². The monoisotopic (exact) mass is 222 g/mol. The predicted octanol–water partition coefficient (Wildman–Crippen LogP) is 4.72. The number of allylic oxidation sites excluding steroid dienone is 3. The van der Waals surface area contributed by atoms with E-state index in [1.807, 2.05) is 11.8 Å². The van der Waals surface area contributed by atoms with Gasteiger partial charge in [-0.3, -0.25) is 0 Å². The van der Waals surface area contributed by atoms with Crippen molar-refractivity contribution in [3.8, 4) is 0 Å². The summed E-state index contributed by atoms with van der Waals surface area (Å²) in [5.41, 5.74) is 6.78. The minimum atomic E-state index is 0.825. The Kier molecular flexibility index (Phi) is 3.60. The highest BCUT2D eigenvalue weighted by Gasteiger charge is 2.24. The van der Waals surface area contributed by atoms with Gasteiger partial charge in [-0.05, 0) is 69.8 Å². The number of hydrogen-bond donors (Lipinski definition) is 0. The number of hydrogen-bond acceptors (Lipinski definition) is 1. The molecule has 1 fully saturated rings. The molecule has 0 amide bonds. The molecule has 0 aromatic rings. The molecule has 1 unspecified atom stereocenters. The van der Waals surface area contributed by atoms with Crippen LogP contribution in [0.3, 0.4) is 0 Å². The average Bonchev–Trinajstić information content (AvgIpc) is 2.84. The molecule has 15 heavy (non-hydrogen) atoms. The van der Waals surface area contributed by atoms with Crippen LogP contribution in [0, 0.1) is 0 Å². The molecule has 2 aliphatic rings. The molecule has 0 N–H and O–H groups in total. The summed E-state index contributed by atoms with van der Waals surface area (Å²) in [6, 6.07) is 0. The second-order valence-electron chi connectivity index (χ2n) is 4.88. The first-order valence-corrected chi connectivity index (χ1v) is 7.44. The van der Waals surface area contributed by atoms with Gasteiger partial charge in [-0.15, -0.1) is 0 Å². The quantitative estimate of drug-likeness (QED) is 0.651. The van der Waals surface area contributed by atoms with Crippen molar-refractivity contribution < 1.29 is 0 Å². The maximum Gasteiger partial charge on any atom is 0.0259 e. The lowest BCUT2D eigenvalue weighted by Crippen LogP contribution is -2.01. The Morgan fingerprint density at radius 1 is 1.20 bits per heavy atom. The van der Waals surface area contributed by atoms with E-state index < -0.39 is 0 Å². The molecular formula is C14H22S. The van der Waals surface area contributed by atoms with Gasteiger partial charge < -0.3 is 0 Å². The van der Waals surface area contributed by atoms with Crippen molar-refractivity contribution in [1.29, 1.82) is 0 Å². The molecule has 84 valence electrons. The van der Waals surface area contributed by atoms with Crippen molar-refractivity contribution in [2.24, 2.45) is 0 Å². The van der Waals surface area contributed by atoms with E-state index in [9.17, 15) is 0 Å². The molecule has 0 bridgehead atoms. The molecule has 2 rings (SSSR count). The highest BCUT2D eigenvalue weighted by atomic mass is 32.2. The summed E-state index contributed by atoms with van der Waals surface area (Å²) >= 11 is 2.05. The lowest BCUT2D eigenvalue weighted by molar-refractivity contribution is 0.891. The van der Waals surface area contributed by atoms with Gasteiger partial charge >= 0.3 is 0 Å². The van der Waals surface area contributed by atoms with Crippen LogP contribution in [0.1, 0.15) is 52.4 Å². The molecule has 0 aliphatic heterocycles. The summed E-state index contributed by atoms with van der Waals surface area (Å²) in [6.45, 7) is 4.70. The lowest BCUT2D eigenvalue weighted by Gasteiger charge is -2.15. The van der Waals surface area contributed by atoms with Crippen molar-refractivity contribution >= 4 is 11.8 Å². The van der Waals surface area contributed by atoms with E-state index in [0.29, 0.717) is 0 Å². The van der Waals surface area contributed by atoms with Crippen LogP contribution in [-0.4, -0.2) is 11.5 Å². The van der Waals surface area contributed by atoms with Crippen molar-refractivity contribution in [2.45, 2.75) is 57.6 Å². The van der Waals surface area contributed by atoms with Gasteiger partial charge in [0.15, 0.2) is 0 Å². The molecule has 1 atom stereocenters. The van der Waals surface area contributed by atoms with E-state index in [2.05, 4.69) is 20.1 Å². The zero-order chi connectivity index (χ0) is 10.8. The molecule has 0 nitrogen and oxygen atoms in total. The maximum absolute atomic E-state index is 2.37. The summed E-state index contributed by atoms with van der Waals surface area (Å²) < 4.78 is 0. The van der Waals surface area contributed by atoms with Gasteiger partial charge in [-0.1, -0.05) is 11.1 Å². The molecule has 1 saturated carbocycles. The standard InChI is InChI=1S/C14H22S/c1-10-6-4-7-12(10)11(2)13-8-5-9-14(13)15-3/h14H,4-9H2,1-3H3/b13-11-. The fraction of sp³-hybridized carbons (Fsp3) is 0.714. The van der Waals surface area contributed by atoms with Gasteiger partial charge in [0.25, 0.3) is 0 Å². The smallest absolute Gasteiger partial charge is 0.0259 e. The van der Waals surface area contributed by atoms with Crippen molar-refractivity contribution in [3.63, 3.8) is 0 Å². The summed E-state index contributed by atoms with van der Waals surface area (Å²) in [4.78, 5) is 0. The van der Waals surface area contributed by atoms with E-state index in [4.69, 9.17) is 0 Å². The Hall–Kier alpha value is -0.170. The van der Waals surface area contributed by atoms with Gasteiger partial charge in [0.2, 0.25) is 0 Å². The van der Waals surface area contributed by atoms with Gasteiger partial charge in [0.1, 0.15) is 0 Å². The Morgan fingerprint density at radius 3 is 2.60 bits per heavy atom. The van der Waals surface area contributed by atoms with Gasteiger partial charge in [0.05, 0.1) is 0 Å². The fourth-order valence-corrected chi connectivity index (χ4v) is 4.08. The molecule has 0 heterocycles. The van der Waals surface area contributed by atoms with Crippen LogP contribution >= 0.6 is 11.8 Å².